The summed E-state index contributed by atoms with van der Waals surface area (Å²) in [6, 6.07) is 0. The summed E-state index contributed by atoms with van der Waals surface area (Å²) in [5, 5.41) is 0. The molecular weight excluding hydrogens is 242 g/mol. The van der Waals surface area contributed by atoms with Crippen LogP contribution in [0, 0.1) is 0 Å². The van der Waals surface area contributed by atoms with Crippen molar-refractivity contribution in [3.05, 3.63) is 12.2 Å². The van der Waals surface area contributed by atoms with E-state index in [9.17, 15) is 13.2 Å². The van der Waals surface area contributed by atoms with Crippen LogP contribution >= 0.6 is 0 Å². The molecule has 0 spiro atoms. The molecular formula is C11H19NO4S. The van der Waals surface area contributed by atoms with Gasteiger partial charge in [-0.05, 0) is 19.9 Å². The highest BCUT2D eigenvalue weighted by Gasteiger charge is 2.17. The highest BCUT2D eigenvalue weighted by atomic mass is 32.2. The molecule has 1 rings (SSSR count). The highest BCUT2D eigenvalue weighted by Crippen LogP contribution is 2.04. The van der Waals surface area contributed by atoms with Crippen molar-refractivity contribution < 1.29 is 17.9 Å². The molecule has 0 unspecified atom stereocenters. The van der Waals surface area contributed by atoms with E-state index < -0.39 is 9.84 Å². The normalized spacial score (nSPS) is 21.2. The molecule has 1 aliphatic heterocycles. The number of hydrogen-bond donors (Lipinski definition) is 0. The minimum atomic E-state index is -2.86. The number of carbonyl (C=O) groups excluding carboxylic acids is 1. The Bertz CT molecular complexity index is 375. The number of nitrogens with zero attached hydrogens (tertiary/aromatic N) is 1. The fraction of sp³-hybridized carbons (Fsp3) is 0.727. The molecule has 0 aromatic carbocycles. The first kappa shape index (κ1) is 14.2. The molecule has 0 atom stereocenters. The van der Waals surface area contributed by atoms with Crippen molar-refractivity contribution in [2.45, 2.75) is 13.3 Å². The first-order valence-corrected chi connectivity index (χ1v) is 7.62. The lowest BCUT2D eigenvalue weighted by Gasteiger charge is -2.16. The molecule has 0 aliphatic carbocycles. The Hall–Kier alpha value is -0.880. The van der Waals surface area contributed by atoms with Crippen molar-refractivity contribution >= 4 is 15.8 Å². The largest absolute Gasteiger partial charge is 0.463 e. The standard InChI is InChI=1S/C11H19NO4S/c1-2-16-11(13)5-3-6-12-7-4-9-17(14,15)10-8-12/h3,5H,2,4,6-10H2,1H3/b5-3+. The first-order valence-electron chi connectivity index (χ1n) is 5.79. The topological polar surface area (TPSA) is 63.7 Å². The van der Waals surface area contributed by atoms with Gasteiger partial charge < -0.3 is 4.74 Å². The second-order valence-corrected chi connectivity index (χ2v) is 6.26. The van der Waals surface area contributed by atoms with Gasteiger partial charge in [0.2, 0.25) is 0 Å². The molecule has 1 aliphatic rings. The van der Waals surface area contributed by atoms with Gasteiger partial charge in [0.15, 0.2) is 9.84 Å². The number of rotatable bonds is 4. The molecule has 0 amide bonds. The fourth-order valence-electron chi connectivity index (χ4n) is 1.66. The maximum absolute atomic E-state index is 11.4. The summed E-state index contributed by atoms with van der Waals surface area (Å²) in [7, 11) is -2.86. The van der Waals surface area contributed by atoms with Crippen LogP contribution in [-0.2, 0) is 19.4 Å². The van der Waals surface area contributed by atoms with Gasteiger partial charge in [-0.1, -0.05) is 6.08 Å². The number of ether oxygens (including phenoxy) is 1. The van der Waals surface area contributed by atoms with E-state index in [1.54, 1.807) is 13.0 Å². The third-order valence-corrected chi connectivity index (χ3v) is 4.27. The van der Waals surface area contributed by atoms with Gasteiger partial charge >= 0.3 is 5.97 Å². The van der Waals surface area contributed by atoms with E-state index in [-0.39, 0.29) is 17.5 Å². The van der Waals surface area contributed by atoms with Crippen LogP contribution in [0.3, 0.4) is 0 Å². The van der Waals surface area contributed by atoms with Gasteiger partial charge in [-0.3, -0.25) is 4.90 Å². The van der Waals surface area contributed by atoms with Gasteiger partial charge in [-0.25, -0.2) is 13.2 Å². The summed E-state index contributed by atoms with van der Waals surface area (Å²) >= 11 is 0. The van der Waals surface area contributed by atoms with Gasteiger partial charge in [-0.15, -0.1) is 0 Å². The summed E-state index contributed by atoms with van der Waals surface area (Å²) < 4.78 is 27.5. The Kier molecular flexibility index (Phi) is 5.64. The Balaban J connectivity index is 2.35. The lowest BCUT2D eigenvalue weighted by atomic mass is 10.4. The Morgan fingerprint density at radius 1 is 1.35 bits per heavy atom. The van der Waals surface area contributed by atoms with Gasteiger partial charge in [-0.2, -0.15) is 0 Å². The zero-order chi connectivity index (χ0) is 12.7. The maximum Gasteiger partial charge on any atom is 0.330 e. The molecule has 0 radical (unpaired) electrons. The number of esters is 1. The maximum atomic E-state index is 11.4. The average molecular weight is 261 g/mol. The van der Waals surface area contributed by atoms with E-state index in [2.05, 4.69) is 0 Å². The van der Waals surface area contributed by atoms with Crippen molar-refractivity contribution in [1.82, 2.24) is 4.90 Å². The van der Waals surface area contributed by atoms with Crippen LogP contribution in [0.1, 0.15) is 13.3 Å². The second kappa shape index (κ2) is 6.76. The molecule has 1 fully saturated rings. The van der Waals surface area contributed by atoms with E-state index in [0.717, 1.165) is 6.54 Å². The smallest absolute Gasteiger partial charge is 0.330 e. The van der Waals surface area contributed by atoms with Crippen LogP contribution < -0.4 is 0 Å². The predicted octanol–water partition coefficient (Wildman–Crippen LogP) is 0.226. The zero-order valence-corrected chi connectivity index (χ0v) is 10.9. The van der Waals surface area contributed by atoms with E-state index in [4.69, 9.17) is 4.74 Å². The molecule has 0 N–H and O–H groups in total. The second-order valence-electron chi connectivity index (χ2n) is 3.96. The third-order valence-electron chi connectivity index (χ3n) is 2.55. The van der Waals surface area contributed by atoms with E-state index in [1.807, 2.05) is 4.90 Å². The monoisotopic (exact) mass is 261 g/mol. The van der Waals surface area contributed by atoms with Crippen LogP contribution in [0.15, 0.2) is 12.2 Å². The van der Waals surface area contributed by atoms with Gasteiger partial charge in [0, 0.05) is 19.2 Å². The predicted molar refractivity (Wildman–Crippen MR) is 65.5 cm³/mol. The lowest BCUT2D eigenvalue weighted by molar-refractivity contribution is -0.137. The first-order chi connectivity index (χ1) is 8.03. The van der Waals surface area contributed by atoms with Crippen LogP contribution in [0.5, 0.6) is 0 Å². The molecule has 1 saturated heterocycles. The zero-order valence-electron chi connectivity index (χ0n) is 10.1. The lowest BCUT2D eigenvalue weighted by Crippen LogP contribution is -2.27. The highest BCUT2D eigenvalue weighted by molar-refractivity contribution is 7.91. The summed E-state index contributed by atoms with van der Waals surface area (Å²) in [6.07, 6.45) is 3.77. The van der Waals surface area contributed by atoms with E-state index in [0.29, 0.717) is 26.1 Å². The minimum Gasteiger partial charge on any atom is -0.463 e. The fourth-order valence-corrected chi connectivity index (χ4v) is 2.97. The van der Waals surface area contributed by atoms with E-state index >= 15 is 0 Å². The summed E-state index contributed by atoms with van der Waals surface area (Å²) in [5.41, 5.74) is 0. The van der Waals surface area contributed by atoms with Crippen LogP contribution in [0.4, 0.5) is 0 Å². The molecule has 98 valence electrons. The van der Waals surface area contributed by atoms with Crippen LogP contribution in [-0.4, -0.2) is 57.0 Å². The Morgan fingerprint density at radius 2 is 2.12 bits per heavy atom. The van der Waals surface area contributed by atoms with Crippen LogP contribution in [0.2, 0.25) is 0 Å². The average Bonchev–Trinajstić information content (AvgIpc) is 2.41. The van der Waals surface area contributed by atoms with Crippen molar-refractivity contribution in [1.29, 1.82) is 0 Å². The molecule has 5 nitrogen and oxygen atoms in total. The summed E-state index contributed by atoms with van der Waals surface area (Å²) in [4.78, 5) is 13.1. The molecule has 0 saturated carbocycles. The summed E-state index contributed by atoms with van der Waals surface area (Å²) in [5.74, 6) is 0.126. The van der Waals surface area contributed by atoms with Gasteiger partial charge in [0.05, 0.1) is 18.1 Å². The van der Waals surface area contributed by atoms with Crippen molar-refractivity contribution in [3.8, 4) is 0 Å². The van der Waals surface area contributed by atoms with Crippen LogP contribution in [0.25, 0.3) is 0 Å². The third kappa shape index (κ3) is 5.83. The van der Waals surface area contributed by atoms with Crippen molar-refractivity contribution in [2.24, 2.45) is 0 Å². The molecule has 1 heterocycles. The van der Waals surface area contributed by atoms with E-state index in [1.165, 1.54) is 6.08 Å². The van der Waals surface area contributed by atoms with Gasteiger partial charge in [0.25, 0.3) is 0 Å². The molecule has 6 heteroatoms. The molecule has 17 heavy (non-hydrogen) atoms. The van der Waals surface area contributed by atoms with Crippen molar-refractivity contribution in [2.75, 3.05) is 37.7 Å². The number of carbonyl (C=O) groups is 1. The number of hydrogen-bond acceptors (Lipinski definition) is 5. The quantitative estimate of drug-likeness (QED) is 0.535. The summed E-state index contributed by atoms with van der Waals surface area (Å²) in [6.45, 7) is 4.01. The minimum absolute atomic E-state index is 0.209. The number of sulfone groups is 1. The Labute approximate surface area is 102 Å². The molecule has 0 aromatic rings. The Morgan fingerprint density at radius 3 is 2.82 bits per heavy atom. The molecule has 0 bridgehead atoms. The SMILES string of the molecule is CCOC(=O)/C=C/CN1CCCS(=O)(=O)CC1. The van der Waals surface area contributed by atoms with Gasteiger partial charge in [0.1, 0.15) is 0 Å². The van der Waals surface area contributed by atoms with Crippen molar-refractivity contribution in [3.63, 3.8) is 0 Å². The molecule has 0 aromatic heterocycles.